The first-order valence-corrected chi connectivity index (χ1v) is 9.26. The number of carbonyl (C=O) groups is 3. The standard InChI is InChI=1S/C22H21N3O3/c1-24-8-10-25(11-9-24)22(28)17-5-2-15(3-6-17)12-19-18-13-16(14-26)4-7-20(18)23-21(19)27/h2-7,12-14H,8-11H2,1H3,(H,23,27)/b19-12-. The van der Waals surface area contributed by atoms with Gasteiger partial charge in [0, 0.05) is 54.1 Å². The molecule has 2 aliphatic heterocycles. The van der Waals surface area contributed by atoms with Gasteiger partial charge in [-0.2, -0.15) is 0 Å². The number of likely N-dealkylation sites (N-methyl/N-ethyl adjacent to an activating group) is 1. The Morgan fingerprint density at radius 1 is 1.00 bits per heavy atom. The van der Waals surface area contributed by atoms with Crippen molar-refractivity contribution in [1.29, 1.82) is 0 Å². The average Bonchev–Trinajstić information content (AvgIpc) is 3.03. The monoisotopic (exact) mass is 375 g/mol. The number of anilines is 1. The molecule has 1 fully saturated rings. The average molecular weight is 375 g/mol. The molecular weight excluding hydrogens is 354 g/mol. The highest BCUT2D eigenvalue weighted by atomic mass is 16.2. The van der Waals surface area contributed by atoms with Crippen molar-refractivity contribution in [3.05, 3.63) is 64.7 Å². The molecule has 0 unspecified atom stereocenters. The summed E-state index contributed by atoms with van der Waals surface area (Å²) in [5.74, 6) is -0.164. The second-order valence-electron chi connectivity index (χ2n) is 7.15. The number of hydrogen-bond donors (Lipinski definition) is 1. The lowest BCUT2D eigenvalue weighted by atomic mass is 10.0. The van der Waals surface area contributed by atoms with E-state index in [1.807, 2.05) is 17.0 Å². The van der Waals surface area contributed by atoms with Crippen LogP contribution in [0.4, 0.5) is 5.69 Å². The van der Waals surface area contributed by atoms with Crippen molar-refractivity contribution in [3.63, 3.8) is 0 Å². The van der Waals surface area contributed by atoms with Crippen molar-refractivity contribution < 1.29 is 14.4 Å². The number of carbonyl (C=O) groups excluding carboxylic acids is 3. The molecule has 142 valence electrons. The normalized spacial score (nSPS) is 18.1. The van der Waals surface area contributed by atoms with Crippen LogP contribution in [0.25, 0.3) is 11.6 Å². The van der Waals surface area contributed by atoms with Gasteiger partial charge in [0.2, 0.25) is 0 Å². The summed E-state index contributed by atoms with van der Waals surface area (Å²) >= 11 is 0. The zero-order chi connectivity index (χ0) is 19.7. The van der Waals surface area contributed by atoms with E-state index in [4.69, 9.17) is 0 Å². The molecule has 0 saturated carbocycles. The summed E-state index contributed by atoms with van der Waals surface area (Å²) in [5.41, 5.74) is 3.91. The van der Waals surface area contributed by atoms with Crippen LogP contribution in [-0.2, 0) is 4.79 Å². The van der Waals surface area contributed by atoms with Crippen LogP contribution in [0.2, 0.25) is 0 Å². The lowest BCUT2D eigenvalue weighted by Gasteiger charge is -2.32. The Labute approximate surface area is 163 Å². The Hall–Kier alpha value is -3.25. The number of amides is 2. The summed E-state index contributed by atoms with van der Waals surface area (Å²) in [6.45, 7) is 3.23. The smallest absolute Gasteiger partial charge is 0.256 e. The molecule has 0 aromatic heterocycles. The molecule has 0 radical (unpaired) electrons. The van der Waals surface area contributed by atoms with Gasteiger partial charge in [0.1, 0.15) is 6.29 Å². The minimum absolute atomic E-state index is 0.0342. The van der Waals surface area contributed by atoms with Gasteiger partial charge in [0.05, 0.1) is 0 Å². The summed E-state index contributed by atoms with van der Waals surface area (Å²) in [5, 5.41) is 2.81. The van der Waals surface area contributed by atoms with E-state index in [0.29, 0.717) is 28.0 Å². The van der Waals surface area contributed by atoms with Crippen molar-refractivity contribution in [3.8, 4) is 0 Å². The van der Waals surface area contributed by atoms with E-state index < -0.39 is 0 Å². The molecule has 1 saturated heterocycles. The fourth-order valence-corrected chi connectivity index (χ4v) is 3.50. The van der Waals surface area contributed by atoms with Crippen molar-refractivity contribution in [1.82, 2.24) is 9.80 Å². The maximum Gasteiger partial charge on any atom is 0.256 e. The molecule has 4 rings (SSSR count). The minimum atomic E-state index is -0.198. The van der Waals surface area contributed by atoms with E-state index in [2.05, 4.69) is 17.3 Å². The first-order chi connectivity index (χ1) is 13.5. The topological polar surface area (TPSA) is 69.7 Å². The molecule has 0 atom stereocenters. The Kier molecular flexibility index (Phi) is 4.79. The molecule has 2 aromatic rings. The first kappa shape index (κ1) is 18.1. The number of rotatable bonds is 3. The third-order valence-electron chi connectivity index (χ3n) is 5.22. The zero-order valence-corrected chi connectivity index (χ0v) is 15.6. The highest BCUT2D eigenvalue weighted by molar-refractivity contribution is 6.35. The maximum absolute atomic E-state index is 12.6. The number of piperazine rings is 1. The highest BCUT2D eigenvalue weighted by Crippen LogP contribution is 2.33. The number of hydrogen-bond acceptors (Lipinski definition) is 4. The van der Waals surface area contributed by atoms with Gasteiger partial charge in [-0.25, -0.2) is 0 Å². The predicted molar refractivity (Wildman–Crippen MR) is 108 cm³/mol. The van der Waals surface area contributed by atoms with Gasteiger partial charge in [-0.1, -0.05) is 12.1 Å². The van der Waals surface area contributed by atoms with E-state index in [0.717, 1.165) is 38.0 Å². The van der Waals surface area contributed by atoms with Crippen LogP contribution in [0.1, 0.15) is 31.8 Å². The van der Waals surface area contributed by atoms with Gasteiger partial charge in [-0.3, -0.25) is 14.4 Å². The Morgan fingerprint density at radius 2 is 1.68 bits per heavy atom. The van der Waals surface area contributed by atoms with Gasteiger partial charge in [-0.05, 0) is 49.0 Å². The third kappa shape index (κ3) is 3.46. The molecule has 1 N–H and O–H groups in total. The number of fused-ring (bicyclic) bond motifs is 1. The SMILES string of the molecule is CN1CCN(C(=O)c2ccc(/C=C3\C(=O)Nc4ccc(C=O)cc43)cc2)CC1. The van der Waals surface area contributed by atoms with Crippen LogP contribution < -0.4 is 5.32 Å². The second-order valence-corrected chi connectivity index (χ2v) is 7.15. The van der Waals surface area contributed by atoms with E-state index in [1.165, 1.54) is 0 Å². The number of nitrogens with zero attached hydrogens (tertiary/aromatic N) is 2. The largest absolute Gasteiger partial charge is 0.336 e. The molecule has 6 heteroatoms. The Morgan fingerprint density at radius 3 is 2.36 bits per heavy atom. The number of nitrogens with one attached hydrogen (secondary N) is 1. The fourth-order valence-electron chi connectivity index (χ4n) is 3.50. The molecule has 6 nitrogen and oxygen atoms in total. The first-order valence-electron chi connectivity index (χ1n) is 9.26. The van der Waals surface area contributed by atoms with Gasteiger partial charge in [0.15, 0.2) is 0 Å². The molecule has 2 aliphatic rings. The molecule has 0 spiro atoms. The summed E-state index contributed by atoms with van der Waals surface area (Å²) in [6.07, 6.45) is 2.54. The summed E-state index contributed by atoms with van der Waals surface area (Å²) in [6, 6.07) is 12.4. The van der Waals surface area contributed by atoms with Crippen molar-refractivity contribution in [2.24, 2.45) is 0 Å². The lowest BCUT2D eigenvalue weighted by Crippen LogP contribution is -2.47. The number of aldehydes is 1. The third-order valence-corrected chi connectivity index (χ3v) is 5.22. The zero-order valence-electron chi connectivity index (χ0n) is 15.6. The molecule has 28 heavy (non-hydrogen) atoms. The van der Waals surface area contributed by atoms with Gasteiger partial charge >= 0.3 is 0 Å². The second kappa shape index (κ2) is 7.40. The summed E-state index contributed by atoms with van der Waals surface area (Å²) in [7, 11) is 2.06. The van der Waals surface area contributed by atoms with Crippen LogP contribution in [0.15, 0.2) is 42.5 Å². The van der Waals surface area contributed by atoms with Gasteiger partial charge in [0.25, 0.3) is 11.8 Å². The van der Waals surface area contributed by atoms with Crippen molar-refractivity contribution >= 4 is 35.4 Å². The van der Waals surface area contributed by atoms with Crippen LogP contribution >= 0.6 is 0 Å². The molecular formula is C22H21N3O3. The quantitative estimate of drug-likeness (QED) is 0.661. The maximum atomic E-state index is 12.6. The van der Waals surface area contributed by atoms with E-state index in [1.54, 1.807) is 36.4 Å². The molecule has 2 heterocycles. The van der Waals surface area contributed by atoms with Crippen LogP contribution in [0, 0.1) is 0 Å². The van der Waals surface area contributed by atoms with E-state index in [9.17, 15) is 14.4 Å². The summed E-state index contributed by atoms with van der Waals surface area (Å²) < 4.78 is 0. The minimum Gasteiger partial charge on any atom is -0.336 e. The molecule has 2 amide bonds. The van der Waals surface area contributed by atoms with Crippen LogP contribution in [0.3, 0.4) is 0 Å². The van der Waals surface area contributed by atoms with Gasteiger partial charge in [-0.15, -0.1) is 0 Å². The van der Waals surface area contributed by atoms with E-state index in [-0.39, 0.29) is 11.8 Å². The predicted octanol–water partition coefficient (Wildman–Crippen LogP) is 2.38. The molecule has 2 aromatic carbocycles. The molecule has 0 bridgehead atoms. The van der Waals surface area contributed by atoms with Crippen molar-refractivity contribution in [2.75, 3.05) is 38.5 Å². The molecule has 0 aliphatic carbocycles. The Bertz CT molecular complexity index is 971. The summed E-state index contributed by atoms with van der Waals surface area (Å²) in [4.78, 5) is 40.1. The fraction of sp³-hybridized carbons (Fsp3) is 0.227. The van der Waals surface area contributed by atoms with Crippen LogP contribution in [0.5, 0.6) is 0 Å². The van der Waals surface area contributed by atoms with Gasteiger partial charge < -0.3 is 15.1 Å². The van der Waals surface area contributed by atoms with Crippen LogP contribution in [-0.4, -0.2) is 61.1 Å². The highest BCUT2D eigenvalue weighted by Gasteiger charge is 2.24. The lowest BCUT2D eigenvalue weighted by molar-refractivity contribution is -0.110. The number of benzene rings is 2. The van der Waals surface area contributed by atoms with E-state index >= 15 is 0 Å². The van der Waals surface area contributed by atoms with Crippen molar-refractivity contribution in [2.45, 2.75) is 0 Å². The Balaban J connectivity index is 1.56.